The van der Waals surface area contributed by atoms with Crippen LogP contribution in [0.25, 0.3) is 10.2 Å². The van der Waals surface area contributed by atoms with Crippen LogP contribution >= 0.6 is 11.3 Å². The van der Waals surface area contributed by atoms with E-state index in [1.807, 2.05) is 0 Å². The van der Waals surface area contributed by atoms with Crippen LogP contribution in [0.4, 0.5) is 11.4 Å². The van der Waals surface area contributed by atoms with Gasteiger partial charge in [-0.15, -0.1) is 11.3 Å². The maximum atomic E-state index is 11.8. The van der Waals surface area contributed by atoms with Gasteiger partial charge in [-0.3, -0.25) is 9.59 Å². The standard InChI is InChI=1S/C10H8N2O3S.C8H8N2O2/c13-8-6-4-2-1-3-5(4)16-9(6)12-7(11-8)10(14)15;9-5-1-2-6-7(3-5)12-4-8(11)10-6/h1-3H2,(H,14,15)(H,11,12,13);1-3H,4,9H2,(H,10,11). The zero-order valence-electron chi connectivity index (χ0n) is 14.6. The quantitative estimate of drug-likeness (QED) is 0.455. The van der Waals surface area contributed by atoms with Gasteiger partial charge in [0.15, 0.2) is 6.61 Å². The van der Waals surface area contributed by atoms with Crippen LogP contribution in [0.3, 0.4) is 0 Å². The fourth-order valence-corrected chi connectivity index (χ4v) is 4.46. The molecule has 5 N–H and O–H groups in total. The Labute approximate surface area is 162 Å². The number of carbonyl (C=O) groups is 2. The van der Waals surface area contributed by atoms with Crippen molar-refractivity contribution in [3.05, 3.63) is 44.8 Å². The third kappa shape index (κ3) is 3.29. The Balaban J connectivity index is 0.000000143. The van der Waals surface area contributed by atoms with Crippen molar-refractivity contribution < 1.29 is 19.4 Å². The van der Waals surface area contributed by atoms with E-state index in [0.29, 0.717) is 27.3 Å². The number of thiophene rings is 1. The van der Waals surface area contributed by atoms with Crippen molar-refractivity contribution in [2.75, 3.05) is 17.7 Å². The van der Waals surface area contributed by atoms with Crippen molar-refractivity contribution in [2.24, 2.45) is 0 Å². The third-order valence-corrected chi connectivity index (χ3v) is 5.60. The van der Waals surface area contributed by atoms with Gasteiger partial charge in [-0.25, -0.2) is 9.78 Å². The molecule has 28 heavy (non-hydrogen) atoms. The number of nitrogens with one attached hydrogen (secondary N) is 2. The lowest BCUT2D eigenvalue weighted by Gasteiger charge is -2.17. The molecule has 1 aliphatic carbocycles. The summed E-state index contributed by atoms with van der Waals surface area (Å²) in [5.41, 5.74) is 7.56. The number of nitrogens with two attached hydrogens (primary N) is 1. The summed E-state index contributed by atoms with van der Waals surface area (Å²) in [6, 6.07) is 5.13. The highest BCUT2D eigenvalue weighted by Gasteiger charge is 2.22. The van der Waals surface area contributed by atoms with Crippen LogP contribution in [0.1, 0.15) is 27.5 Å². The van der Waals surface area contributed by atoms with Gasteiger partial charge < -0.3 is 25.9 Å². The van der Waals surface area contributed by atoms with E-state index < -0.39 is 5.97 Å². The Morgan fingerprint density at radius 2 is 2.11 bits per heavy atom. The molecule has 2 aliphatic rings. The molecule has 0 saturated carbocycles. The minimum absolute atomic E-state index is 0.0659. The summed E-state index contributed by atoms with van der Waals surface area (Å²) in [6.07, 6.45) is 2.93. The SMILES string of the molecule is Nc1ccc2c(c1)OCC(=O)N2.O=C(O)c1nc2sc3c(c2c(=O)[nH]1)CCC3. The summed E-state index contributed by atoms with van der Waals surface area (Å²) in [5, 5.41) is 12.0. The molecule has 0 unspecified atom stereocenters. The number of carboxylic acids is 1. The summed E-state index contributed by atoms with van der Waals surface area (Å²) < 4.78 is 5.12. The van der Waals surface area contributed by atoms with E-state index in [1.165, 1.54) is 16.2 Å². The van der Waals surface area contributed by atoms with Crippen molar-refractivity contribution in [2.45, 2.75) is 19.3 Å². The summed E-state index contributed by atoms with van der Waals surface area (Å²) in [4.78, 5) is 41.4. The number of benzene rings is 1. The Bertz CT molecular complexity index is 1170. The lowest BCUT2D eigenvalue weighted by atomic mass is 10.2. The first kappa shape index (κ1) is 18.0. The summed E-state index contributed by atoms with van der Waals surface area (Å²) in [7, 11) is 0. The van der Waals surface area contributed by atoms with Crippen molar-refractivity contribution in [3.8, 4) is 5.75 Å². The van der Waals surface area contributed by atoms with E-state index in [2.05, 4.69) is 15.3 Å². The summed E-state index contributed by atoms with van der Waals surface area (Å²) >= 11 is 1.44. The van der Waals surface area contributed by atoms with Crippen LogP contribution in [-0.4, -0.2) is 33.6 Å². The molecular weight excluding hydrogens is 384 g/mol. The van der Waals surface area contributed by atoms with Gasteiger partial charge >= 0.3 is 5.97 Å². The first-order valence-electron chi connectivity index (χ1n) is 8.52. The summed E-state index contributed by atoms with van der Waals surface area (Å²) in [6.45, 7) is 0.0659. The normalized spacial score (nSPS) is 14.4. The fourth-order valence-electron chi connectivity index (χ4n) is 3.19. The average molecular weight is 400 g/mol. The number of hydrogen-bond donors (Lipinski definition) is 4. The minimum Gasteiger partial charge on any atom is -0.482 e. The highest BCUT2D eigenvalue weighted by molar-refractivity contribution is 7.18. The number of nitrogens with zero attached hydrogens (tertiary/aromatic N) is 1. The molecule has 1 aromatic carbocycles. The molecule has 0 radical (unpaired) electrons. The van der Waals surface area contributed by atoms with E-state index >= 15 is 0 Å². The highest BCUT2D eigenvalue weighted by atomic mass is 32.1. The molecule has 3 heterocycles. The lowest BCUT2D eigenvalue weighted by molar-refractivity contribution is -0.118. The maximum absolute atomic E-state index is 11.8. The molecule has 0 spiro atoms. The number of aromatic carboxylic acids is 1. The first-order chi connectivity index (χ1) is 13.4. The highest BCUT2D eigenvalue weighted by Crippen LogP contribution is 2.34. The number of amides is 1. The molecular formula is C18H16N4O5S. The van der Waals surface area contributed by atoms with Crippen LogP contribution in [0.2, 0.25) is 0 Å². The van der Waals surface area contributed by atoms with Crippen LogP contribution in [-0.2, 0) is 17.6 Å². The molecule has 0 bridgehead atoms. The maximum Gasteiger partial charge on any atom is 0.372 e. The van der Waals surface area contributed by atoms with Crippen LogP contribution in [0, 0.1) is 0 Å². The number of aromatic nitrogens is 2. The van der Waals surface area contributed by atoms with Crippen molar-refractivity contribution in [1.29, 1.82) is 0 Å². The molecule has 144 valence electrons. The monoisotopic (exact) mass is 400 g/mol. The zero-order chi connectivity index (χ0) is 19.8. The number of fused-ring (bicyclic) bond motifs is 4. The Hall–Kier alpha value is -3.40. The van der Waals surface area contributed by atoms with Crippen LogP contribution in [0.15, 0.2) is 23.0 Å². The van der Waals surface area contributed by atoms with Gasteiger partial charge in [0.2, 0.25) is 5.82 Å². The number of ether oxygens (including phenoxy) is 1. The molecule has 3 aromatic rings. The number of rotatable bonds is 1. The van der Waals surface area contributed by atoms with Gasteiger partial charge in [-0.1, -0.05) is 0 Å². The topological polar surface area (TPSA) is 147 Å². The number of hydrogen-bond acceptors (Lipinski definition) is 7. The van der Waals surface area contributed by atoms with E-state index in [4.69, 9.17) is 15.6 Å². The Morgan fingerprint density at radius 3 is 2.89 bits per heavy atom. The molecule has 1 amide bonds. The van der Waals surface area contributed by atoms with E-state index in [1.54, 1.807) is 18.2 Å². The van der Waals surface area contributed by atoms with Gasteiger partial charge in [0.1, 0.15) is 10.6 Å². The Kier molecular flexibility index (Phi) is 4.47. The van der Waals surface area contributed by atoms with Gasteiger partial charge in [-0.05, 0) is 37.0 Å². The van der Waals surface area contributed by atoms with Gasteiger partial charge in [0.05, 0.1) is 11.1 Å². The molecule has 0 fully saturated rings. The second-order valence-corrected chi connectivity index (χ2v) is 7.43. The summed E-state index contributed by atoms with van der Waals surface area (Å²) in [5.74, 6) is -0.980. The van der Waals surface area contributed by atoms with E-state index in [0.717, 1.165) is 24.8 Å². The number of aromatic amines is 1. The van der Waals surface area contributed by atoms with Crippen molar-refractivity contribution in [3.63, 3.8) is 0 Å². The van der Waals surface area contributed by atoms with Gasteiger partial charge in [0.25, 0.3) is 11.5 Å². The number of nitrogen functional groups attached to an aromatic ring is 1. The van der Waals surface area contributed by atoms with E-state index in [-0.39, 0.29) is 23.9 Å². The second kappa shape index (κ2) is 6.97. The van der Waals surface area contributed by atoms with Crippen molar-refractivity contribution >= 4 is 44.8 Å². The predicted octanol–water partition coefficient (Wildman–Crippen LogP) is 1.77. The number of carboxylic acid groups (broad SMARTS) is 1. The number of aryl methyl sites for hydroxylation is 2. The third-order valence-electron chi connectivity index (χ3n) is 4.42. The van der Waals surface area contributed by atoms with Crippen LogP contribution in [0.5, 0.6) is 5.75 Å². The molecule has 5 rings (SSSR count). The molecule has 9 nitrogen and oxygen atoms in total. The molecule has 0 atom stereocenters. The number of anilines is 2. The lowest BCUT2D eigenvalue weighted by Crippen LogP contribution is -2.25. The molecule has 0 saturated heterocycles. The first-order valence-corrected chi connectivity index (χ1v) is 9.34. The molecule has 10 heteroatoms. The second-order valence-electron chi connectivity index (χ2n) is 6.35. The fraction of sp³-hybridized carbons (Fsp3) is 0.222. The van der Waals surface area contributed by atoms with E-state index in [9.17, 15) is 14.4 Å². The smallest absolute Gasteiger partial charge is 0.372 e. The molecule has 2 aromatic heterocycles. The number of H-pyrrole nitrogens is 1. The van der Waals surface area contributed by atoms with Gasteiger partial charge in [0, 0.05) is 16.6 Å². The Morgan fingerprint density at radius 1 is 1.29 bits per heavy atom. The minimum atomic E-state index is -1.20. The number of carbonyl (C=O) groups excluding carboxylic acids is 1. The van der Waals surface area contributed by atoms with Crippen molar-refractivity contribution in [1.82, 2.24) is 9.97 Å². The predicted molar refractivity (Wildman–Crippen MR) is 104 cm³/mol. The molecule has 1 aliphatic heterocycles. The van der Waals surface area contributed by atoms with Gasteiger partial charge in [-0.2, -0.15) is 0 Å². The van der Waals surface area contributed by atoms with Crippen LogP contribution < -0.4 is 21.3 Å². The zero-order valence-corrected chi connectivity index (χ0v) is 15.4. The average Bonchev–Trinajstić information content (AvgIpc) is 3.23. The largest absolute Gasteiger partial charge is 0.482 e.